The topological polar surface area (TPSA) is 156 Å². The number of hydrogen-bond donors (Lipinski definition) is 4. The first kappa shape index (κ1) is 26.6. The maximum atomic E-state index is 13.3. The molecule has 0 fully saturated rings. The lowest BCUT2D eigenvalue weighted by Crippen LogP contribution is -2.20. The number of phenolic OH excluding ortho intramolecular Hbond substituents is 4. The zero-order chi connectivity index (χ0) is 29.7. The van der Waals surface area contributed by atoms with Crippen LogP contribution >= 0.6 is 0 Å². The molecule has 10 nitrogen and oxygen atoms in total. The molecular weight excluding hydrogens is 544 g/mol. The summed E-state index contributed by atoms with van der Waals surface area (Å²) >= 11 is 0. The minimum absolute atomic E-state index is 0.0288. The maximum absolute atomic E-state index is 13.3. The minimum atomic E-state index is -0.631. The fourth-order valence-electron chi connectivity index (χ4n) is 5.18. The highest BCUT2D eigenvalue weighted by Gasteiger charge is 2.34. The Hall–Kier alpha value is -5.64. The molecule has 6 rings (SSSR count). The van der Waals surface area contributed by atoms with Crippen LogP contribution in [0.3, 0.4) is 0 Å². The number of ketones is 1. The van der Waals surface area contributed by atoms with E-state index in [0.29, 0.717) is 11.3 Å². The Bertz CT molecular complexity index is 1940. The summed E-state index contributed by atoms with van der Waals surface area (Å²) < 4.78 is 22.5. The molecule has 1 aliphatic heterocycles. The Labute approximate surface area is 238 Å². The fraction of sp³-hybridized carbons (Fsp3) is 0.125. The zero-order valence-corrected chi connectivity index (χ0v) is 22.4. The van der Waals surface area contributed by atoms with Crippen LogP contribution in [0.2, 0.25) is 0 Å². The molecule has 0 spiro atoms. The van der Waals surface area contributed by atoms with E-state index in [0.717, 1.165) is 11.6 Å². The van der Waals surface area contributed by atoms with Crippen LogP contribution in [0.1, 0.15) is 28.4 Å². The Kier molecular flexibility index (Phi) is 6.38. The lowest BCUT2D eigenvalue weighted by molar-refractivity contribution is 0.0845. The van der Waals surface area contributed by atoms with Gasteiger partial charge in [-0.25, -0.2) is 0 Å². The molecule has 0 saturated carbocycles. The van der Waals surface area contributed by atoms with Gasteiger partial charge in [-0.1, -0.05) is 12.1 Å². The van der Waals surface area contributed by atoms with Crippen LogP contribution in [0.5, 0.6) is 40.2 Å². The van der Waals surface area contributed by atoms with Crippen molar-refractivity contribution in [3.63, 3.8) is 0 Å². The van der Waals surface area contributed by atoms with E-state index in [1.165, 1.54) is 31.4 Å². The number of Topliss-reactive ketones (excluding diaryl/α,β-unsaturated/α-hetero) is 1. The van der Waals surface area contributed by atoms with E-state index in [1.54, 1.807) is 43.5 Å². The van der Waals surface area contributed by atoms with E-state index in [9.17, 15) is 30.0 Å². The summed E-state index contributed by atoms with van der Waals surface area (Å²) in [6.07, 6.45) is -0.677. The van der Waals surface area contributed by atoms with Crippen molar-refractivity contribution in [2.45, 2.75) is 12.5 Å². The Balaban J connectivity index is 1.45. The van der Waals surface area contributed by atoms with Gasteiger partial charge in [0.15, 0.2) is 11.2 Å². The number of methoxy groups -OCH3 is 2. The van der Waals surface area contributed by atoms with Crippen molar-refractivity contribution in [1.29, 1.82) is 0 Å². The Morgan fingerprint density at radius 1 is 0.810 bits per heavy atom. The van der Waals surface area contributed by atoms with Crippen LogP contribution < -0.4 is 19.6 Å². The number of aromatic hydroxyl groups is 4. The molecule has 10 heteroatoms. The van der Waals surface area contributed by atoms with Gasteiger partial charge in [0.25, 0.3) is 0 Å². The van der Waals surface area contributed by atoms with Gasteiger partial charge in [-0.15, -0.1) is 0 Å². The van der Waals surface area contributed by atoms with Gasteiger partial charge in [-0.3, -0.25) is 9.59 Å². The summed E-state index contributed by atoms with van der Waals surface area (Å²) in [6, 6.07) is 16.4. The highest BCUT2D eigenvalue weighted by Crippen LogP contribution is 2.51. The summed E-state index contributed by atoms with van der Waals surface area (Å²) in [5.74, 6) is -0.952. The average molecular weight is 569 g/mol. The van der Waals surface area contributed by atoms with E-state index in [4.69, 9.17) is 18.6 Å². The first-order valence-electron chi connectivity index (χ1n) is 12.8. The maximum Gasteiger partial charge on any atom is 0.197 e. The van der Waals surface area contributed by atoms with Crippen LogP contribution in [0.4, 0.5) is 0 Å². The second kappa shape index (κ2) is 10.1. The SMILES string of the molecule is COc1ccc(C2CC(=O)c3c(cc(O)c(-c4cc(-c5cc(=O)c6c(O)cc(O)cc6o5)ccc4OC)c3O)O2)cc1. The van der Waals surface area contributed by atoms with Gasteiger partial charge in [0.1, 0.15) is 68.6 Å². The smallest absolute Gasteiger partial charge is 0.197 e. The van der Waals surface area contributed by atoms with Gasteiger partial charge in [0.2, 0.25) is 0 Å². The van der Waals surface area contributed by atoms with Gasteiger partial charge in [-0.2, -0.15) is 0 Å². The highest BCUT2D eigenvalue weighted by molar-refractivity contribution is 6.06. The molecule has 0 saturated heterocycles. The quantitative estimate of drug-likeness (QED) is 0.208. The molecule has 0 radical (unpaired) electrons. The van der Waals surface area contributed by atoms with Gasteiger partial charge in [-0.05, 0) is 35.9 Å². The first-order chi connectivity index (χ1) is 20.2. The Morgan fingerprint density at radius 2 is 1.57 bits per heavy atom. The zero-order valence-electron chi connectivity index (χ0n) is 22.4. The molecule has 212 valence electrons. The van der Waals surface area contributed by atoms with E-state index < -0.39 is 23.0 Å². The van der Waals surface area contributed by atoms with Crippen molar-refractivity contribution < 1.29 is 43.8 Å². The molecule has 5 aromatic rings. The molecular formula is C32H24O10. The van der Waals surface area contributed by atoms with Crippen molar-refractivity contribution >= 4 is 16.8 Å². The number of phenols is 4. The van der Waals surface area contributed by atoms with Crippen LogP contribution in [-0.2, 0) is 0 Å². The average Bonchev–Trinajstić information content (AvgIpc) is 2.96. The normalized spacial score (nSPS) is 14.3. The molecule has 1 unspecified atom stereocenters. The lowest BCUT2D eigenvalue weighted by Gasteiger charge is -2.27. The van der Waals surface area contributed by atoms with Crippen molar-refractivity contribution in [2.75, 3.05) is 14.2 Å². The minimum Gasteiger partial charge on any atom is -0.508 e. The number of rotatable bonds is 5. The predicted molar refractivity (Wildman–Crippen MR) is 152 cm³/mol. The van der Waals surface area contributed by atoms with E-state index in [2.05, 4.69) is 0 Å². The lowest BCUT2D eigenvalue weighted by atomic mass is 9.91. The molecule has 1 aromatic heterocycles. The Morgan fingerprint density at radius 3 is 2.29 bits per heavy atom. The number of carbonyl (C=O) groups is 1. The van der Waals surface area contributed by atoms with Crippen LogP contribution in [0.15, 0.2) is 75.9 Å². The molecule has 4 aromatic carbocycles. The molecule has 0 aliphatic carbocycles. The molecule has 1 aliphatic rings. The van der Waals surface area contributed by atoms with E-state index in [1.807, 2.05) is 0 Å². The predicted octanol–water partition coefficient (Wildman–Crippen LogP) is 5.67. The molecule has 1 atom stereocenters. The van der Waals surface area contributed by atoms with Gasteiger partial charge in [0.05, 0.1) is 26.2 Å². The molecule has 2 heterocycles. The molecule has 0 amide bonds. The molecule has 4 N–H and O–H groups in total. The van der Waals surface area contributed by atoms with Crippen molar-refractivity contribution in [2.24, 2.45) is 0 Å². The highest BCUT2D eigenvalue weighted by atomic mass is 16.5. The van der Waals surface area contributed by atoms with Crippen LogP contribution in [0, 0.1) is 0 Å². The van der Waals surface area contributed by atoms with Gasteiger partial charge in [0, 0.05) is 35.4 Å². The standard InChI is InChI=1S/C32H24O10/c1-39-18-6-3-15(4-7-18)25-13-23(37)31-28(41-25)14-21(35)29(32(31)38)19-9-16(5-8-24(19)40-2)26-12-22(36)30-20(34)10-17(33)11-27(30)42-26/h3-12,14,25,33-35,38H,13H2,1-2H3. The number of carbonyl (C=O) groups excluding carboxylic acids is 1. The van der Waals surface area contributed by atoms with Gasteiger partial charge >= 0.3 is 0 Å². The first-order valence-corrected chi connectivity index (χ1v) is 12.8. The molecule has 42 heavy (non-hydrogen) atoms. The summed E-state index contributed by atoms with van der Waals surface area (Å²) in [7, 11) is 2.95. The number of hydrogen-bond acceptors (Lipinski definition) is 10. The number of ether oxygens (including phenoxy) is 3. The second-order valence-electron chi connectivity index (χ2n) is 9.73. The summed E-state index contributed by atoms with van der Waals surface area (Å²) in [4.78, 5) is 26.1. The van der Waals surface area contributed by atoms with E-state index in [-0.39, 0.29) is 68.6 Å². The third-order valence-corrected chi connectivity index (χ3v) is 7.20. The van der Waals surface area contributed by atoms with Gasteiger partial charge < -0.3 is 39.1 Å². The van der Waals surface area contributed by atoms with Crippen LogP contribution in [0.25, 0.3) is 33.4 Å². The summed E-state index contributed by atoms with van der Waals surface area (Å²) in [5, 5.41) is 42.3. The van der Waals surface area contributed by atoms with Crippen LogP contribution in [-0.4, -0.2) is 40.4 Å². The van der Waals surface area contributed by atoms with Crippen molar-refractivity contribution in [3.8, 4) is 62.7 Å². The number of benzene rings is 4. The van der Waals surface area contributed by atoms with Crippen molar-refractivity contribution in [1.82, 2.24) is 0 Å². The largest absolute Gasteiger partial charge is 0.508 e. The fourth-order valence-corrected chi connectivity index (χ4v) is 5.18. The number of fused-ring (bicyclic) bond motifs is 2. The summed E-state index contributed by atoms with van der Waals surface area (Å²) in [6.45, 7) is 0. The van der Waals surface area contributed by atoms with E-state index >= 15 is 0 Å². The third-order valence-electron chi connectivity index (χ3n) is 7.20. The monoisotopic (exact) mass is 568 g/mol. The second-order valence-corrected chi connectivity index (χ2v) is 9.73. The summed E-state index contributed by atoms with van der Waals surface area (Å²) in [5.41, 5.74) is 0.543. The third kappa shape index (κ3) is 4.39. The molecule has 0 bridgehead atoms. The van der Waals surface area contributed by atoms with Crippen molar-refractivity contribution in [3.05, 3.63) is 88.1 Å².